The van der Waals surface area contributed by atoms with Crippen molar-refractivity contribution in [3.63, 3.8) is 0 Å². The van der Waals surface area contributed by atoms with E-state index in [1.54, 1.807) is 0 Å². The van der Waals surface area contributed by atoms with Gasteiger partial charge in [0.15, 0.2) is 0 Å². The van der Waals surface area contributed by atoms with Crippen LogP contribution in [-0.2, 0) is 5.41 Å². The summed E-state index contributed by atoms with van der Waals surface area (Å²) in [6.07, 6.45) is 0. The molecule has 1 nitrogen and oxygen atoms in total. The van der Waals surface area contributed by atoms with E-state index in [0.29, 0.717) is 0 Å². The molecule has 72 heavy (non-hydrogen) atoms. The van der Waals surface area contributed by atoms with E-state index < -0.39 is 5.41 Å². The normalized spacial score (nSPS) is 13.1. The van der Waals surface area contributed by atoms with Crippen LogP contribution in [0.15, 0.2) is 261 Å². The Morgan fingerprint density at radius 1 is 0.236 bits per heavy atom. The molecule has 16 rings (SSSR count). The monoisotopic (exact) mass is 909 g/mol. The van der Waals surface area contributed by atoms with Gasteiger partial charge in [0.25, 0.3) is 0 Å². The summed E-state index contributed by atoms with van der Waals surface area (Å²) in [7, 11) is 0. The molecule has 13 aromatic carbocycles. The average molecular weight is 910 g/mol. The van der Waals surface area contributed by atoms with Crippen LogP contribution >= 0.6 is 0 Å². The van der Waals surface area contributed by atoms with Gasteiger partial charge in [-0.25, -0.2) is 0 Å². The van der Waals surface area contributed by atoms with Gasteiger partial charge >= 0.3 is 0 Å². The van der Waals surface area contributed by atoms with Gasteiger partial charge in [0.05, 0.1) is 16.4 Å². The average Bonchev–Trinajstić information content (AvgIpc) is 4.06. The number of hydrogen-bond donors (Lipinski definition) is 0. The molecular formula is C71H43N. The molecule has 0 atom stereocenters. The molecule has 0 radical (unpaired) electrons. The Morgan fingerprint density at radius 2 is 0.736 bits per heavy atom. The largest absolute Gasteiger partial charge is 0.309 e. The van der Waals surface area contributed by atoms with Crippen molar-refractivity contribution in [1.82, 2.24) is 4.57 Å². The lowest BCUT2D eigenvalue weighted by molar-refractivity contribution is 0.796. The first-order valence-electron chi connectivity index (χ1n) is 25.2. The first-order chi connectivity index (χ1) is 35.7. The number of fused-ring (bicyclic) bond motifs is 18. The first kappa shape index (κ1) is 39.5. The highest BCUT2D eigenvalue weighted by molar-refractivity contribution is 6.23. The second-order valence-corrected chi connectivity index (χ2v) is 19.8. The predicted octanol–water partition coefficient (Wildman–Crippen LogP) is 18.7. The van der Waals surface area contributed by atoms with E-state index in [9.17, 15) is 0 Å². The molecule has 0 saturated carbocycles. The van der Waals surface area contributed by atoms with Gasteiger partial charge in [-0.2, -0.15) is 0 Å². The highest BCUT2D eigenvalue weighted by Gasteiger charge is 2.52. The lowest BCUT2D eigenvalue weighted by Gasteiger charge is -2.31. The third-order valence-electron chi connectivity index (χ3n) is 16.3. The van der Waals surface area contributed by atoms with Crippen LogP contribution in [-0.4, -0.2) is 4.57 Å². The predicted molar refractivity (Wildman–Crippen MR) is 303 cm³/mol. The Labute approximate surface area is 417 Å². The van der Waals surface area contributed by atoms with Crippen LogP contribution in [0.25, 0.3) is 126 Å². The summed E-state index contributed by atoms with van der Waals surface area (Å²) in [6, 6.07) is 98.0. The van der Waals surface area contributed by atoms with E-state index in [4.69, 9.17) is 0 Å². The molecular weight excluding hydrogens is 867 g/mol. The van der Waals surface area contributed by atoms with Gasteiger partial charge in [-0.05, 0) is 176 Å². The second-order valence-electron chi connectivity index (χ2n) is 19.8. The molecule has 0 unspecified atom stereocenters. The summed E-state index contributed by atoms with van der Waals surface area (Å²) in [5, 5.41) is 12.6. The topological polar surface area (TPSA) is 4.93 Å². The molecule has 1 aromatic heterocycles. The van der Waals surface area contributed by atoms with Crippen LogP contribution in [0.3, 0.4) is 0 Å². The minimum absolute atomic E-state index is 0.486. The molecule has 0 fully saturated rings. The quantitative estimate of drug-likeness (QED) is 0.155. The Balaban J connectivity index is 0.933. The Morgan fingerprint density at radius 3 is 1.40 bits per heavy atom. The molecule has 2 aliphatic rings. The molecule has 14 aromatic rings. The van der Waals surface area contributed by atoms with Crippen LogP contribution in [0.1, 0.15) is 22.3 Å². The molecule has 0 amide bonds. The van der Waals surface area contributed by atoms with Crippen molar-refractivity contribution in [2.45, 2.75) is 5.41 Å². The van der Waals surface area contributed by atoms with Gasteiger partial charge in [-0.1, -0.05) is 206 Å². The van der Waals surface area contributed by atoms with E-state index >= 15 is 0 Å². The highest BCUT2D eigenvalue weighted by Crippen LogP contribution is 2.65. The summed E-state index contributed by atoms with van der Waals surface area (Å²) in [5.41, 5.74) is 21.2. The molecule has 1 spiro atoms. The third kappa shape index (κ3) is 5.27. The van der Waals surface area contributed by atoms with Crippen molar-refractivity contribution in [1.29, 1.82) is 0 Å². The maximum Gasteiger partial charge on any atom is 0.0726 e. The fourth-order valence-electron chi connectivity index (χ4n) is 13.5. The Hall–Kier alpha value is -9.30. The number of para-hydroxylation sites is 2. The number of benzene rings is 13. The molecule has 0 aliphatic heterocycles. The molecule has 1 heteroatoms. The lowest BCUT2D eigenvalue weighted by atomic mass is 9.69. The van der Waals surface area contributed by atoms with Crippen molar-refractivity contribution in [2.75, 3.05) is 0 Å². The van der Waals surface area contributed by atoms with E-state index in [2.05, 4.69) is 265 Å². The number of nitrogens with zero attached hydrogens (tertiary/aromatic N) is 1. The second kappa shape index (κ2) is 14.9. The van der Waals surface area contributed by atoms with Crippen molar-refractivity contribution < 1.29 is 0 Å². The molecule has 332 valence electrons. The highest BCUT2D eigenvalue weighted by atomic mass is 15.0. The Bertz CT molecular complexity index is 4520. The van der Waals surface area contributed by atoms with Gasteiger partial charge in [-0.3, -0.25) is 0 Å². The van der Waals surface area contributed by atoms with Crippen LogP contribution in [0.4, 0.5) is 0 Å². The maximum absolute atomic E-state index is 2.57. The maximum atomic E-state index is 2.57. The number of aromatic nitrogens is 1. The SMILES string of the molecule is c1ccc(-n2c3ccccc3c3cc(-c4c5ccccc5c(-c5cccc(-c6cc7c(c8ccccc68)-c6cc8ccccc8cc6C76c7ccccc7-c7ccccc76)c5)c5ccccc45)ccc32)cc1. The van der Waals surface area contributed by atoms with Crippen molar-refractivity contribution in [3.05, 3.63) is 283 Å². The molecule has 0 N–H and O–H groups in total. The van der Waals surface area contributed by atoms with Crippen LogP contribution in [0.2, 0.25) is 0 Å². The Kier molecular flexibility index (Phi) is 8.16. The minimum atomic E-state index is -0.486. The minimum Gasteiger partial charge on any atom is -0.309 e. The van der Waals surface area contributed by atoms with Gasteiger partial charge in [-0.15, -0.1) is 0 Å². The van der Waals surface area contributed by atoms with Crippen LogP contribution in [0, 0.1) is 0 Å². The van der Waals surface area contributed by atoms with E-state index in [1.807, 2.05) is 0 Å². The summed E-state index contributed by atoms with van der Waals surface area (Å²) in [4.78, 5) is 0. The zero-order valence-electron chi connectivity index (χ0n) is 39.3. The van der Waals surface area contributed by atoms with Gasteiger partial charge in [0.2, 0.25) is 0 Å². The van der Waals surface area contributed by atoms with E-state index in [0.717, 1.165) is 0 Å². The lowest BCUT2D eigenvalue weighted by Crippen LogP contribution is -2.26. The van der Waals surface area contributed by atoms with Crippen LogP contribution in [0.5, 0.6) is 0 Å². The zero-order chi connectivity index (χ0) is 47.1. The molecule has 2 aliphatic carbocycles. The molecule has 0 bridgehead atoms. The van der Waals surface area contributed by atoms with Gasteiger partial charge < -0.3 is 4.57 Å². The first-order valence-corrected chi connectivity index (χ1v) is 25.2. The van der Waals surface area contributed by atoms with E-state index in [1.165, 1.54) is 148 Å². The summed E-state index contributed by atoms with van der Waals surface area (Å²) < 4.78 is 2.40. The van der Waals surface area contributed by atoms with Gasteiger partial charge in [0, 0.05) is 16.5 Å². The van der Waals surface area contributed by atoms with Crippen molar-refractivity contribution in [3.8, 4) is 61.3 Å². The summed E-state index contributed by atoms with van der Waals surface area (Å²) >= 11 is 0. The third-order valence-corrected chi connectivity index (χ3v) is 16.3. The standard InChI is InChI=1S/C71H43N/c1-2-23-49(24-3-1)72-66-36-17-14-28-53(66)60-41-48(37-38-67(60)72)69-57-32-10-8-30-55(57)68(56-31-9-11-33-58(56)69)47-22-18-21-46(39-47)59-43-65-70(54-29-7-6-25-50(54)59)61-40-44-19-4-5-20-45(44)42-64(61)71(65)62-34-15-12-26-51(62)52-27-13-16-35-63(52)71/h1-43H. The van der Waals surface area contributed by atoms with E-state index in [-0.39, 0.29) is 0 Å². The smallest absolute Gasteiger partial charge is 0.0726 e. The number of hydrogen-bond acceptors (Lipinski definition) is 0. The molecule has 0 saturated heterocycles. The van der Waals surface area contributed by atoms with Crippen LogP contribution < -0.4 is 0 Å². The fraction of sp³-hybridized carbons (Fsp3) is 0.0141. The van der Waals surface area contributed by atoms with Gasteiger partial charge in [0.1, 0.15) is 0 Å². The number of rotatable bonds is 4. The zero-order valence-corrected chi connectivity index (χ0v) is 39.3. The summed E-state index contributed by atoms with van der Waals surface area (Å²) in [6.45, 7) is 0. The van der Waals surface area contributed by atoms with Crippen molar-refractivity contribution in [2.24, 2.45) is 0 Å². The fourth-order valence-corrected chi connectivity index (χ4v) is 13.5. The summed E-state index contributed by atoms with van der Waals surface area (Å²) in [5.74, 6) is 0. The molecule has 1 heterocycles. The van der Waals surface area contributed by atoms with Crippen molar-refractivity contribution >= 4 is 64.9 Å².